The van der Waals surface area contributed by atoms with Crippen molar-refractivity contribution in [2.24, 2.45) is 5.73 Å². The van der Waals surface area contributed by atoms with E-state index in [1.807, 2.05) is 18.2 Å². The van der Waals surface area contributed by atoms with Gasteiger partial charge in [-0.25, -0.2) is 0 Å². The van der Waals surface area contributed by atoms with Crippen molar-refractivity contribution in [2.75, 3.05) is 13.7 Å². The summed E-state index contributed by atoms with van der Waals surface area (Å²) in [4.78, 5) is 0.395. The molecule has 0 amide bonds. The van der Waals surface area contributed by atoms with E-state index in [1.54, 1.807) is 7.11 Å². The van der Waals surface area contributed by atoms with Gasteiger partial charge in [0.2, 0.25) is 0 Å². The molecule has 1 rings (SSSR count). The van der Waals surface area contributed by atoms with Crippen LogP contribution < -0.4 is 10.5 Å². The maximum Gasteiger partial charge on any atom is 0.124 e. The Hall–Kier alpha value is -1.13. The van der Waals surface area contributed by atoms with Crippen LogP contribution in [0.1, 0.15) is 43.7 Å². The van der Waals surface area contributed by atoms with Crippen molar-refractivity contribution in [1.29, 1.82) is 0 Å². The number of thiocarbonyl (C=S) groups is 1. The minimum absolute atomic E-state index is 0.395. The molecule has 0 saturated heterocycles. The summed E-state index contributed by atoms with van der Waals surface area (Å²) in [5.74, 6) is 0.813. The summed E-state index contributed by atoms with van der Waals surface area (Å²) in [6.45, 7) is 3.51. The lowest BCUT2D eigenvalue weighted by Crippen LogP contribution is -2.10. The van der Waals surface area contributed by atoms with E-state index in [0.717, 1.165) is 29.9 Å². The molecule has 3 nitrogen and oxygen atoms in total. The van der Waals surface area contributed by atoms with Crippen LogP contribution in [-0.4, -0.2) is 18.7 Å². The lowest BCUT2D eigenvalue weighted by atomic mass is 10.1. The second-order valence-electron chi connectivity index (χ2n) is 4.50. The summed E-state index contributed by atoms with van der Waals surface area (Å²) in [6, 6.07) is 5.68. The van der Waals surface area contributed by atoms with E-state index in [9.17, 15) is 0 Å². The molecule has 1 aromatic rings. The quantitative estimate of drug-likeness (QED) is 0.556. The predicted octanol–water partition coefficient (Wildman–Crippen LogP) is 3.43. The van der Waals surface area contributed by atoms with Crippen molar-refractivity contribution in [2.45, 2.75) is 39.2 Å². The number of ether oxygens (including phenoxy) is 2. The Morgan fingerprint density at radius 2 is 2.05 bits per heavy atom. The molecule has 2 N–H and O–H groups in total. The molecule has 0 aliphatic carbocycles. The topological polar surface area (TPSA) is 44.5 Å². The number of unbranched alkanes of at least 4 members (excludes halogenated alkanes) is 3. The molecule has 0 unspecified atom stereocenters. The Labute approximate surface area is 121 Å². The van der Waals surface area contributed by atoms with Crippen molar-refractivity contribution < 1.29 is 9.47 Å². The third kappa shape index (κ3) is 5.57. The number of benzene rings is 1. The first-order valence-electron chi connectivity index (χ1n) is 6.73. The van der Waals surface area contributed by atoms with Gasteiger partial charge in [-0.2, -0.15) is 0 Å². The van der Waals surface area contributed by atoms with Crippen molar-refractivity contribution in [3.63, 3.8) is 0 Å². The molecule has 0 aromatic heterocycles. The summed E-state index contributed by atoms with van der Waals surface area (Å²) in [5, 5.41) is 0. The van der Waals surface area contributed by atoms with E-state index in [4.69, 9.17) is 27.4 Å². The number of methoxy groups -OCH3 is 1. The monoisotopic (exact) mass is 281 g/mol. The molecule has 106 valence electrons. The number of hydrogen-bond acceptors (Lipinski definition) is 3. The van der Waals surface area contributed by atoms with Gasteiger partial charge >= 0.3 is 0 Å². The molecule has 4 heteroatoms. The van der Waals surface area contributed by atoms with Gasteiger partial charge in [-0.15, -0.1) is 0 Å². The molecule has 0 aliphatic rings. The Balaban J connectivity index is 2.50. The summed E-state index contributed by atoms with van der Waals surface area (Å²) in [5.41, 5.74) is 7.47. The molecule has 0 atom stereocenters. The molecule has 0 bridgehead atoms. The highest BCUT2D eigenvalue weighted by atomic mass is 32.1. The second kappa shape index (κ2) is 8.88. The normalized spacial score (nSPS) is 10.4. The van der Waals surface area contributed by atoms with Crippen LogP contribution in [0.5, 0.6) is 5.75 Å². The molecular formula is C15H23NO2S. The Morgan fingerprint density at radius 3 is 2.68 bits per heavy atom. The van der Waals surface area contributed by atoms with Gasteiger partial charge in [0.15, 0.2) is 0 Å². The van der Waals surface area contributed by atoms with Crippen molar-refractivity contribution in [1.82, 2.24) is 0 Å². The smallest absolute Gasteiger partial charge is 0.124 e. The van der Waals surface area contributed by atoms with Gasteiger partial charge < -0.3 is 15.2 Å². The maximum atomic E-state index is 5.68. The van der Waals surface area contributed by atoms with Crippen LogP contribution in [0.2, 0.25) is 0 Å². The predicted molar refractivity (Wildman–Crippen MR) is 82.7 cm³/mol. The first kappa shape index (κ1) is 15.9. The van der Waals surface area contributed by atoms with Crippen molar-refractivity contribution in [3.8, 4) is 5.75 Å². The van der Waals surface area contributed by atoms with E-state index in [-0.39, 0.29) is 0 Å². The van der Waals surface area contributed by atoms with E-state index < -0.39 is 0 Å². The number of hydrogen-bond donors (Lipinski definition) is 1. The largest absolute Gasteiger partial charge is 0.496 e. The van der Waals surface area contributed by atoms with E-state index in [0.29, 0.717) is 11.6 Å². The van der Waals surface area contributed by atoms with Crippen LogP contribution in [0.15, 0.2) is 18.2 Å². The van der Waals surface area contributed by atoms with Crippen LogP contribution in [0, 0.1) is 0 Å². The minimum atomic E-state index is 0.395. The highest BCUT2D eigenvalue weighted by molar-refractivity contribution is 7.80. The molecule has 1 aromatic carbocycles. The third-order valence-electron chi connectivity index (χ3n) is 2.96. The highest BCUT2D eigenvalue weighted by Crippen LogP contribution is 2.21. The zero-order valence-electron chi connectivity index (χ0n) is 11.8. The van der Waals surface area contributed by atoms with Crippen LogP contribution in [0.3, 0.4) is 0 Å². The van der Waals surface area contributed by atoms with Crippen LogP contribution >= 0.6 is 12.2 Å². The molecule has 0 saturated carbocycles. The summed E-state index contributed by atoms with van der Waals surface area (Å²) in [7, 11) is 1.65. The van der Waals surface area contributed by atoms with Crippen LogP contribution in [0.25, 0.3) is 0 Å². The Kier molecular flexibility index (Phi) is 7.45. The standard InChI is InChI=1S/C15H23NO2S/c1-3-4-5-6-9-18-11-13-10-12(15(16)19)7-8-14(13)17-2/h7-8,10H,3-6,9,11H2,1-2H3,(H2,16,19). The second-order valence-corrected chi connectivity index (χ2v) is 4.94. The number of nitrogens with two attached hydrogens (primary N) is 1. The van der Waals surface area contributed by atoms with E-state index >= 15 is 0 Å². The summed E-state index contributed by atoms with van der Waals surface area (Å²) >= 11 is 4.98. The zero-order chi connectivity index (χ0) is 14.1. The SMILES string of the molecule is CCCCCCOCc1cc(C(N)=S)ccc1OC. The third-order valence-corrected chi connectivity index (χ3v) is 3.20. The molecule has 0 fully saturated rings. The van der Waals surface area contributed by atoms with E-state index in [2.05, 4.69) is 6.92 Å². The van der Waals surface area contributed by atoms with E-state index in [1.165, 1.54) is 19.3 Å². The average molecular weight is 281 g/mol. The molecule has 0 spiro atoms. The van der Waals surface area contributed by atoms with Gasteiger partial charge in [-0.05, 0) is 24.6 Å². The summed E-state index contributed by atoms with van der Waals surface area (Å²) < 4.78 is 11.0. The van der Waals surface area contributed by atoms with Crippen LogP contribution in [-0.2, 0) is 11.3 Å². The lowest BCUT2D eigenvalue weighted by molar-refractivity contribution is 0.115. The average Bonchev–Trinajstić information content (AvgIpc) is 2.42. The first-order chi connectivity index (χ1) is 9.19. The van der Waals surface area contributed by atoms with Crippen molar-refractivity contribution >= 4 is 17.2 Å². The van der Waals surface area contributed by atoms with Crippen molar-refractivity contribution in [3.05, 3.63) is 29.3 Å². The molecule has 0 aliphatic heterocycles. The van der Waals surface area contributed by atoms with Gasteiger partial charge in [-0.3, -0.25) is 0 Å². The zero-order valence-corrected chi connectivity index (χ0v) is 12.6. The van der Waals surface area contributed by atoms with Gasteiger partial charge in [0.05, 0.1) is 13.7 Å². The van der Waals surface area contributed by atoms with Gasteiger partial charge in [0.1, 0.15) is 10.7 Å². The Bertz CT molecular complexity index is 407. The minimum Gasteiger partial charge on any atom is -0.496 e. The van der Waals surface area contributed by atoms with Crippen LogP contribution in [0.4, 0.5) is 0 Å². The number of rotatable bonds is 9. The molecular weight excluding hydrogens is 258 g/mol. The van der Waals surface area contributed by atoms with Gasteiger partial charge in [0.25, 0.3) is 0 Å². The van der Waals surface area contributed by atoms with Gasteiger partial charge in [0, 0.05) is 17.7 Å². The molecule has 0 heterocycles. The lowest BCUT2D eigenvalue weighted by Gasteiger charge is -2.11. The molecule has 0 radical (unpaired) electrons. The summed E-state index contributed by atoms with van der Waals surface area (Å²) in [6.07, 6.45) is 4.83. The molecule has 19 heavy (non-hydrogen) atoms. The Morgan fingerprint density at radius 1 is 1.26 bits per heavy atom. The first-order valence-corrected chi connectivity index (χ1v) is 7.14. The fourth-order valence-corrected chi connectivity index (χ4v) is 1.98. The fourth-order valence-electron chi connectivity index (χ4n) is 1.86. The fraction of sp³-hybridized carbons (Fsp3) is 0.533. The van der Waals surface area contributed by atoms with Gasteiger partial charge in [-0.1, -0.05) is 38.4 Å². The maximum absolute atomic E-state index is 5.68. The highest BCUT2D eigenvalue weighted by Gasteiger charge is 2.06.